The van der Waals surface area contributed by atoms with Crippen molar-refractivity contribution < 1.29 is 4.79 Å². The fraction of sp³-hybridized carbons (Fsp3) is 0.188. The zero-order valence-corrected chi connectivity index (χ0v) is 11.2. The fourth-order valence-corrected chi connectivity index (χ4v) is 2.52. The molecule has 0 saturated carbocycles. The summed E-state index contributed by atoms with van der Waals surface area (Å²) in [5.74, 6) is 0.0266. The maximum Gasteiger partial charge on any atom is 0.243 e. The molecule has 2 aromatic rings. The van der Waals surface area contributed by atoms with Crippen LogP contribution in [-0.2, 0) is 17.9 Å². The first kappa shape index (κ1) is 12.7. The average molecular weight is 267 g/mol. The van der Waals surface area contributed by atoms with Gasteiger partial charge < -0.3 is 16.0 Å². The van der Waals surface area contributed by atoms with Gasteiger partial charge >= 0.3 is 0 Å². The summed E-state index contributed by atoms with van der Waals surface area (Å²) in [6.45, 7) is 1.62. The van der Waals surface area contributed by atoms with Crippen molar-refractivity contribution in [3.05, 3.63) is 59.7 Å². The Morgan fingerprint density at radius 2 is 1.90 bits per heavy atom. The highest BCUT2D eigenvalue weighted by molar-refractivity contribution is 6.01. The van der Waals surface area contributed by atoms with Crippen LogP contribution in [0.2, 0.25) is 0 Å². The summed E-state index contributed by atoms with van der Waals surface area (Å²) in [6, 6.07) is 16.0. The predicted molar refractivity (Wildman–Crippen MR) is 80.5 cm³/mol. The molecule has 0 aromatic heterocycles. The fourth-order valence-electron chi connectivity index (χ4n) is 2.52. The van der Waals surface area contributed by atoms with Gasteiger partial charge in [-0.15, -0.1) is 0 Å². The van der Waals surface area contributed by atoms with Gasteiger partial charge in [0.2, 0.25) is 5.91 Å². The van der Waals surface area contributed by atoms with Gasteiger partial charge in [0.05, 0.1) is 17.9 Å². The molecule has 4 heteroatoms. The molecule has 4 nitrogen and oxygen atoms in total. The highest BCUT2D eigenvalue weighted by Crippen LogP contribution is 2.30. The van der Waals surface area contributed by atoms with Crippen molar-refractivity contribution in [2.45, 2.75) is 13.1 Å². The van der Waals surface area contributed by atoms with E-state index in [9.17, 15) is 4.79 Å². The third kappa shape index (κ3) is 2.51. The second kappa shape index (κ2) is 5.35. The summed E-state index contributed by atoms with van der Waals surface area (Å²) in [5, 5.41) is 2.90. The number of nitrogens with two attached hydrogens (primary N) is 1. The molecule has 0 fully saturated rings. The second-order valence-electron chi connectivity index (χ2n) is 4.95. The van der Waals surface area contributed by atoms with E-state index in [-0.39, 0.29) is 5.91 Å². The van der Waals surface area contributed by atoms with Gasteiger partial charge in [-0.1, -0.05) is 36.4 Å². The molecular formula is C16H17N3O. The largest absolute Gasteiger partial charge is 0.356 e. The van der Waals surface area contributed by atoms with E-state index < -0.39 is 0 Å². The van der Waals surface area contributed by atoms with Crippen LogP contribution in [0.15, 0.2) is 48.5 Å². The molecule has 1 aliphatic heterocycles. The maximum absolute atomic E-state index is 11.8. The molecule has 0 bridgehead atoms. The lowest BCUT2D eigenvalue weighted by molar-refractivity contribution is -0.115. The van der Waals surface area contributed by atoms with Crippen molar-refractivity contribution in [2.24, 2.45) is 5.73 Å². The van der Waals surface area contributed by atoms with Crippen LogP contribution in [0.5, 0.6) is 0 Å². The van der Waals surface area contributed by atoms with Crippen LogP contribution in [0.3, 0.4) is 0 Å². The lowest BCUT2D eigenvalue weighted by Crippen LogP contribution is -2.37. The first-order chi connectivity index (χ1) is 9.76. The van der Waals surface area contributed by atoms with Gasteiger partial charge in [-0.3, -0.25) is 4.79 Å². The number of carbonyl (C=O) groups excluding carboxylic acids is 1. The Morgan fingerprint density at radius 1 is 1.10 bits per heavy atom. The quantitative estimate of drug-likeness (QED) is 0.895. The number of rotatable bonds is 3. The molecule has 2 aromatic carbocycles. The van der Waals surface area contributed by atoms with Crippen LogP contribution in [0.4, 0.5) is 11.4 Å². The molecule has 0 aliphatic carbocycles. The minimum absolute atomic E-state index is 0.0266. The highest BCUT2D eigenvalue weighted by atomic mass is 16.2. The lowest BCUT2D eigenvalue weighted by Gasteiger charge is -2.31. The van der Waals surface area contributed by atoms with E-state index in [1.807, 2.05) is 36.4 Å². The molecule has 1 heterocycles. The van der Waals surface area contributed by atoms with Crippen LogP contribution >= 0.6 is 0 Å². The number of anilines is 2. The third-order valence-electron chi connectivity index (χ3n) is 3.45. The van der Waals surface area contributed by atoms with Crippen LogP contribution in [-0.4, -0.2) is 12.5 Å². The third-order valence-corrected chi connectivity index (χ3v) is 3.45. The topological polar surface area (TPSA) is 58.4 Å². The Kier molecular flexibility index (Phi) is 3.39. The summed E-state index contributed by atoms with van der Waals surface area (Å²) in [7, 11) is 0. The van der Waals surface area contributed by atoms with Crippen molar-refractivity contribution in [3.63, 3.8) is 0 Å². The lowest BCUT2D eigenvalue weighted by atomic mass is 10.1. The average Bonchev–Trinajstić information content (AvgIpc) is 2.47. The molecule has 0 unspecified atom stereocenters. The van der Waals surface area contributed by atoms with E-state index in [1.54, 1.807) is 0 Å². The minimum Gasteiger partial charge on any atom is -0.356 e. The predicted octanol–water partition coefficient (Wildman–Crippen LogP) is 2.10. The van der Waals surface area contributed by atoms with Gasteiger partial charge in [0.15, 0.2) is 0 Å². The number of hydrogen-bond acceptors (Lipinski definition) is 3. The number of benzene rings is 2. The summed E-state index contributed by atoms with van der Waals surface area (Å²) in [4.78, 5) is 13.9. The van der Waals surface area contributed by atoms with Gasteiger partial charge in [-0.2, -0.15) is 0 Å². The van der Waals surface area contributed by atoms with Gasteiger partial charge in [0.1, 0.15) is 0 Å². The molecule has 1 amide bonds. The number of para-hydroxylation sites is 2. The molecule has 20 heavy (non-hydrogen) atoms. The number of nitrogens with one attached hydrogen (secondary N) is 1. The molecule has 1 aliphatic rings. The molecule has 0 atom stereocenters. The molecule has 3 rings (SSSR count). The van der Waals surface area contributed by atoms with Gasteiger partial charge in [0, 0.05) is 13.1 Å². The number of nitrogens with zero attached hydrogens (tertiary/aromatic N) is 1. The second-order valence-corrected chi connectivity index (χ2v) is 4.95. The van der Waals surface area contributed by atoms with Gasteiger partial charge in [-0.25, -0.2) is 0 Å². The normalized spacial score (nSPS) is 13.8. The number of hydrogen-bond donors (Lipinski definition) is 2. The number of carbonyl (C=O) groups is 1. The summed E-state index contributed by atoms with van der Waals surface area (Å²) >= 11 is 0. The van der Waals surface area contributed by atoms with Crippen LogP contribution in [0.25, 0.3) is 0 Å². The first-order valence-electron chi connectivity index (χ1n) is 6.68. The standard InChI is InChI=1S/C16H17N3O/c17-9-12-4-3-5-13(8-12)10-19-11-16(20)18-14-6-1-2-7-15(14)19/h1-8H,9-11,17H2,(H,18,20). The van der Waals surface area contributed by atoms with E-state index >= 15 is 0 Å². The summed E-state index contributed by atoms with van der Waals surface area (Å²) in [5.41, 5.74) is 9.88. The molecular weight excluding hydrogens is 250 g/mol. The zero-order valence-electron chi connectivity index (χ0n) is 11.2. The Balaban J connectivity index is 1.88. The Labute approximate surface area is 118 Å². The van der Waals surface area contributed by atoms with Gasteiger partial charge in [-0.05, 0) is 23.3 Å². The molecule has 0 radical (unpaired) electrons. The van der Waals surface area contributed by atoms with Crippen LogP contribution in [0.1, 0.15) is 11.1 Å². The van der Waals surface area contributed by atoms with Crippen LogP contribution < -0.4 is 16.0 Å². The molecule has 102 valence electrons. The SMILES string of the molecule is NCc1cccc(CN2CC(=O)Nc3ccccc32)c1. The molecule has 0 saturated heterocycles. The Hall–Kier alpha value is -2.33. The van der Waals surface area contributed by atoms with Crippen LogP contribution in [0, 0.1) is 0 Å². The maximum atomic E-state index is 11.8. The summed E-state index contributed by atoms with van der Waals surface area (Å²) in [6.07, 6.45) is 0. The zero-order chi connectivity index (χ0) is 13.9. The number of fused-ring (bicyclic) bond motifs is 1. The van der Waals surface area contributed by atoms with E-state index in [1.165, 1.54) is 0 Å². The molecule has 3 N–H and O–H groups in total. The van der Waals surface area contributed by atoms with Crippen molar-refractivity contribution in [1.82, 2.24) is 0 Å². The van der Waals surface area contributed by atoms with Crippen molar-refractivity contribution in [1.29, 1.82) is 0 Å². The first-order valence-corrected chi connectivity index (χ1v) is 6.68. The van der Waals surface area contributed by atoms with E-state index in [0.29, 0.717) is 19.6 Å². The van der Waals surface area contributed by atoms with Crippen molar-refractivity contribution in [3.8, 4) is 0 Å². The Morgan fingerprint density at radius 3 is 2.75 bits per heavy atom. The van der Waals surface area contributed by atoms with E-state index in [2.05, 4.69) is 22.3 Å². The molecule has 0 spiro atoms. The monoisotopic (exact) mass is 267 g/mol. The summed E-state index contributed by atoms with van der Waals surface area (Å²) < 4.78 is 0. The smallest absolute Gasteiger partial charge is 0.243 e. The van der Waals surface area contributed by atoms with Crippen molar-refractivity contribution in [2.75, 3.05) is 16.8 Å². The Bertz CT molecular complexity index is 639. The van der Waals surface area contributed by atoms with E-state index in [0.717, 1.165) is 22.5 Å². The van der Waals surface area contributed by atoms with Gasteiger partial charge in [0.25, 0.3) is 0 Å². The van der Waals surface area contributed by atoms with Crippen molar-refractivity contribution >= 4 is 17.3 Å². The number of amides is 1. The minimum atomic E-state index is 0.0266. The highest BCUT2D eigenvalue weighted by Gasteiger charge is 2.21. The van der Waals surface area contributed by atoms with E-state index in [4.69, 9.17) is 5.73 Å².